The molecule has 0 saturated heterocycles. The molecular weight excluding hydrogens is 266 g/mol. The zero-order chi connectivity index (χ0) is 11.5. The fourth-order valence-corrected chi connectivity index (χ4v) is 2.49. The molecule has 1 aliphatic rings. The average molecular weight is 280 g/mol. The molecule has 2 rings (SSSR count). The number of amides is 1. The van der Waals surface area contributed by atoms with Gasteiger partial charge >= 0.3 is 0 Å². The lowest BCUT2D eigenvalue weighted by molar-refractivity contribution is -0.119. The quantitative estimate of drug-likeness (QED) is 0.823. The molecule has 1 aromatic rings. The van der Waals surface area contributed by atoms with Crippen LogP contribution in [0, 0.1) is 12.8 Å². The summed E-state index contributed by atoms with van der Waals surface area (Å²) in [5.41, 5.74) is 2.00. The molecule has 3 heteroatoms. The summed E-state index contributed by atoms with van der Waals surface area (Å²) in [6.07, 6.45) is 5.85. The summed E-state index contributed by atoms with van der Waals surface area (Å²) >= 11 is 3.42. The van der Waals surface area contributed by atoms with Crippen LogP contribution in [0.15, 0.2) is 34.8 Å². The van der Waals surface area contributed by atoms with Crippen molar-refractivity contribution >= 4 is 27.5 Å². The number of aryl methyl sites for hydroxylation is 1. The zero-order valence-electron chi connectivity index (χ0n) is 9.16. The smallest absolute Gasteiger partial charge is 0.228 e. The van der Waals surface area contributed by atoms with Crippen molar-refractivity contribution in [1.82, 2.24) is 0 Å². The van der Waals surface area contributed by atoms with Crippen LogP contribution in [0.25, 0.3) is 0 Å². The Hall–Kier alpha value is -1.09. The van der Waals surface area contributed by atoms with Gasteiger partial charge in [0.1, 0.15) is 0 Å². The Morgan fingerprint density at radius 2 is 2.00 bits per heavy atom. The number of hydrogen-bond donors (Lipinski definition) is 1. The van der Waals surface area contributed by atoms with E-state index in [9.17, 15) is 4.79 Å². The summed E-state index contributed by atoms with van der Waals surface area (Å²) < 4.78 is 0.993. The highest BCUT2D eigenvalue weighted by Gasteiger charge is 2.19. The van der Waals surface area contributed by atoms with Crippen molar-refractivity contribution < 1.29 is 4.79 Å². The maximum absolute atomic E-state index is 11.9. The first-order valence-corrected chi connectivity index (χ1v) is 6.17. The molecule has 0 unspecified atom stereocenters. The Morgan fingerprint density at radius 1 is 1.31 bits per heavy atom. The second-order valence-corrected chi connectivity index (χ2v) is 5.06. The number of nitrogens with one attached hydrogen (secondary N) is 1. The average Bonchev–Trinajstić information content (AvgIpc) is 2.68. The molecule has 0 heterocycles. The third kappa shape index (κ3) is 2.73. The minimum absolute atomic E-state index is 0.110. The Balaban J connectivity index is 2.05. The minimum Gasteiger partial charge on any atom is -0.326 e. The highest BCUT2D eigenvalue weighted by atomic mass is 79.9. The van der Waals surface area contributed by atoms with E-state index in [1.807, 2.05) is 25.1 Å². The summed E-state index contributed by atoms with van der Waals surface area (Å²) in [5, 5.41) is 2.96. The van der Waals surface area contributed by atoms with Gasteiger partial charge in [0, 0.05) is 16.1 Å². The molecule has 0 aliphatic heterocycles. The zero-order valence-corrected chi connectivity index (χ0v) is 10.8. The van der Waals surface area contributed by atoms with Gasteiger partial charge in [0.05, 0.1) is 0 Å². The molecule has 1 aromatic carbocycles. The van der Waals surface area contributed by atoms with E-state index >= 15 is 0 Å². The SMILES string of the molecule is Cc1cc(Br)cc(NC(=O)C2CC=CC2)c1. The van der Waals surface area contributed by atoms with Gasteiger partial charge < -0.3 is 5.32 Å². The Kier molecular flexibility index (Phi) is 3.44. The van der Waals surface area contributed by atoms with Crippen LogP contribution >= 0.6 is 15.9 Å². The van der Waals surface area contributed by atoms with Crippen LogP contribution < -0.4 is 5.32 Å². The van der Waals surface area contributed by atoms with E-state index in [-0.39, 0.29) is 11.8 Å². The predicted molar refractivity (Wildman–Crippen MR) is 69.4 cm³/mol. The van der Waals surface area contributed by atoms with Crippen molar-refractivity contribution in [2.75, 3.05) is 5.32 Å². The highest BCUT2D eigenvalue weighted by molar-refractivity contribution is 9.10. The molecular formula is C13H14BrNO. The number of anilines is 1. The van der Waals surface area contributed by atoms with Gasteiger partial charge in [-0.25, -0.2) is 0 Å². The van der Waals surface area contributed by atoms with Gasteiger partial charge in [-0.15, -0.1) is 0 Å². The summed E-state index contributed by atoms with van der Waals surface area (Å²) in [7, 11) is 0. The molecule has 1 N–H and O–H groups in total. The molecule has 84 valence electrons. The maximum atomic E-state index is 11.9. The lowest BCUT2D eigenvalue weighted by Crippen LogP contribution is -2.20. The molecule has 0 fully saturated rings. The standard InChI is InChI=1S/C13H14BrNO/c1-9-6-11(14)8-12(7-9)15-13(16)10-4-2-3-5-10/h2-3,6-8,10H,4-5H2,1H3,(H,15,16). The molecule has 1 amide bonds. The van der Waals surface area contributed by atoms with Crippen LogP contribution in [-0.4, -0.2) is 5.91 Å². The fraction of sp³-hybridized carbons (Fsp3) is 0.308. The predicted octanol–water partition coefficient (Wildman–Crippen LogP) is 3.66. The summed E-state index contributed by atoms with van der Waals surface area (Å²) in [6, 6.07) is 5.92. The number of carbonyl (C=O) groups excluding carboxylic acids is 1. The lowest BCUT2D eigenvalue weighted by Gasteiger charge is -2.11. The normalized spacial score (nSPS) is 15.4. The first-order chi connectivity index (χ1) is 7.65. The number of carbonyl (C=O) groups is 1. The molecule has 1 aliphatic carbocycles. The third-order valence-corrected chi connectivity index (χ3v) is 3.15. The number of rotatable bonds is 2. The summed E-state index contributed by atoms with van der Waals surface area (Å²) in [5.74, 6) is 0.224. The second-order valence-electron chi connectivity index (χ2n) is 4.15. The van der Waals surface area contributed by atoms with Gasteiger partial charge in [-0.3, -0.25) is 4.79 Å². The van der Waals surface area contributed by atoms with Crippen molar-refractivity contribution in [1.29, 1.82) is 0 Å². The largest absolute Gasteiger partial charge is 0.326 e. The Bertz CT molecular complexity index is 411. The van der Waals surface area contributed by atoms with E-state index in [1.165, 1.54) is 0 Å². The van der Waals surface area contributed by atoms with E-state index in [4.69, 9.17) is 0 Å². The van der Waals surface area contributed by atoms with Gasteiger partial charge in [0.2, 0.25) is 5.91 Å². The molecule has 0 saturated carbocycles. The lowest BCUT2D eigenvalue weighted by atomic mass is 10.1. The monoisotopic (exact) mass is 279 g/mol. The van der Waals surface area contributed by atoms with Crippen molar-refractivity contribution in [3.63, 3.8) is 0 Å². The maximum Gasteiger partial charge on any atom is 0.228 e. The molecule has 0 radical (unpaired) electrons. The van der Waals surface area contributed by atoms with E-state index in [0.29, 0.717) is 0 Å². The minimum atomic E-state index is 0.110. The molecule has 0 spiro atoms. The molecule has 0 aromatic heterocycles. The Labute approximate surface area is 104 Å². The van der Waals surface area contributed by atoms with Crippen LogP contribution in [0.5, 0.6) is 0 Å². The molecule has 16 heavy (non-hydrogen) atoms. The van der Waals surface area contributed by atoms with Crippen LogP contribution in [0.1, 0.15) is 18.4 Å². The van der Waals surface area contributed by atoms with Crippen LogP contribution in [0.4, 0.5) is 5.69 Å². The van der Waals surface area contributed by atoms with Crippen molar-refractivity contribution in [2.24, 2.45) is 5.92 Å². The first kappa shape index (κ1) is 11.4. The number of allylic oxidation sites excluding steroid dienone is 2. The topological polar surface area (TPSA) is 29.1 Å². The fourth-order valence-electron chi connectivity index (χ4n) is 1.88. The summed E-state index contributed by atoms with van der Waals surface area (Å²) in [6.45, 7) is 2.01. The molecule has 2 nitrogen and oxygen atoms in total. The van der Waals surface area contributed by atoms with Crippen molar-refractivity contribution in [2.45, 2.75) is 19.8 Å². The molecule has 0 bridgehead atoms. The van der Waals surface area contributed by atoms with Crippen LogP contribution in [0.3, 0.4) is 0 Å². The van der Waals surface area contributed by atoms with E-state index in [1.54, 1.807) is 0 Å². The first-order valence-electron chi connectivity index (χ1n) is 5.38. The van der Waals surface area contributed by atoms with Gasteiger partial charge in [0.25, 0.3) is 0 Å². The van der Waals surface area contributed by atoms with E-state index in [2.05, 4.69) is 33.4 Å². The van der Waals surface area contributed by atoms with Gasteiger partial charge in [0.15, 0.2) is 0 Å². The number of benzene rings is 1. The third-order valence-electron chi connectivity index (χ3n) is 2.69. The number of halogens is 1. The van der Waals surface area contributed by atoms with E-state index in [0.717, 1.165) is 28.6 Å². The van der Waals surface area contributed by atoms with Crippen molar-refractivity contribution in [3.8, 4) is 0 Å². The van der Waals surface area contributed by atoms with Crippen molar-refractivity contribution in [3.05, 3.63) is 40.4 Å². The van der Waals surface area contributed by atoms with Crippen LogP contribution in [-0.2, 0) is 4.79 Å². The highest BCUT2D eigenvalue weighted by Crippen LogP contribution is 2.22. The summed E-state index contributed by atoms with van der Waals surface area (Å²) in [4.78, 5) is 11.9. The van der Waals surface area contributed by atoms with Gasteiger partial charge in [-0.1, -0.05) is 28.1 Å². The second kappa shape index (κ2) is 4.83. The number of hydrogen-bond acceptors (Lipinski definition) is 1. The molecule has 0 atom stereocenters. The van der Waals surface area contributed by atoms with Crippen LogP contribution in [0.2, 0.25) is 0 Å². The Morgan fingerprint density at radius 3 is 2.62 bits per heavy atom. The van der Waals surface area contributed by atoms with E-state index < -0.39 is 0 Å². The van der Waals surface area contributed by atoms with Gasteiger partial charge in [-0.2, -0.15) is 0 Å². The van der Waals surface area contributed by atoms with Gasteiger partial charge in [-0.05, 0) is 43.5 Å².